The van der Waals surface area contributed by atoms with Crippen LogP contribution < -0.4 is 10.1 Å². The van der Waals surface area contributed by atoms with Crippen LogP contribution in [-0.4, -0.2) is 24.4 Å². The number of nitrogens with zero attached hydrogens (tertiary/aromatic N) is 2. The monoisotopic (exact) mass is 393 g/mol. The van der Waals surface area contributed by atoms with Crippen LogP contribution in [0.4, 0.5) is 9.52 Å². The van der Waals surface area contributed by atoms with Crippen molar-refractivity contribution in [1.29, 1.82) is 0 Å². The third-order valence-corrected chi connectivity index (χ3v) is 4.72. The number of hydrogen-bond donors (Lipinski definition) is 1. The van der Waals surface area contributed by atoms with Gasteiger partial charge in [-0.05, 0) is 29.3 Å². The quantitative estimate of drug-likeness (QED) is 0.607. The molecule has 26 heavy (non-hydrogen) atoms. The second-order valence-corrected chi connectivity index (χ2v) is 6.55. The molecule has 0 spiro atoms. The highest BCUT2D eigenvalue weighted by Crippen LogP contribution is 2.36. The van der Waals surface area contributed by atoms with Crippen LogP contribution in [0, 0.1) is 5.82 Å². The van der Waals surface area contributed by atoms with Crippen molar-refractivity contribution < 1.29 is 9.13 Å². The molecule has 3 aromatic rings. The molecule has 1 aromatic heterocycles. The third-order valence-electron chi connectivity index (χ3n) is 3.54. The molecule has 0 atom stereocenters. The van der Waals surface area contributed by atoms with Crippen molar-refractivity contribution >= 4 is 28.1 Å². The van der Waals surface area contributed by atoms with E-state index in [4.69, 9.17) is 16.3 Å². The molecule has 0 aliphatic carbocycles. The van der Waals surface area contributed by atoms with Gasteiger partial charge in [-0.3, -0.25) is 0 Å². The molecule has 0 amide bonds. The van der Waals surface area contributed by atoms with Gasteiger partial charge in [0, 0.05) is 18.5 Å². The minimum absolute atomic E-state index is 0.335. The van der Waals surface area contributed by atoms with Gasteiger partial charge in [-0.2, -0.15) is 0 Å². The summed E-state index contributed by atoms with van der Waals surface area (Å²) in [4.78, 5) is 0. The first-order valence-corrected chi connectivity index (χ1v) is 9.43. The zero-order chi connectivity index (χ0) is 19.1. The fourth-order valence-corrected chi connectivity index (χ4v) is 3.32. The van der Waals surface area contributed by atoms with E-state index < -0.39 is 0 Å². The van der Waals surface area contributed by atoms with Crippen molar-refractivity contribution in [2.45, 2.75) is 20.3 Å². The van der Waals surface area contributed by atoms with Crippen LogP contribution >= 0.6 is 22.9 Å². The topological polar surface area (TPSA) is 47.0 Å². The number of methoxy groups -OCH3 is 1. The molecular weight excluding hydrogens is 373 g/mol. The van der Waals surface area contributed by atoms with E-state index in [1.165, 1.54) is 18.4 Å². The van der Waals surface area contributed by atoms with Gasteiger partial charge in [-0.1, -0.05) is 55.0 Å². The van der Waals surface area contributed by atoms with Gasteiger partial charge < -0.3 is 10.1 Å². The number of nitrogens with one attached hydrogen (secondary N) is 1. The summed E-state index contributed by atoms with van der Waals surface area (Å²) in [7, 11) is 3.29. The molecule has 3 rings (SSSR count). The number of aromatic nitrogens is 2. The highest BCUT2D eigenvalue weighted by molar-refractivity contribution is 7.15. The Kier molecular flexibility index (Phi) is 7.36. The molecule has 0 saturated carbocycles. The summed E-state index contributed by atoms with van der Waals surface area (Å²) in [5.74, 6) is 0.129. The molecular formula is C19H21ClFN3OS. The van der Waals surface area contributed by atoms with E-state index in [9.17, 15) is 0 Å². The lowest BCUT2D eigenvalue weighted by Gasteiger charge is -2.13. The van der Waals surface area contributed by atoms with E-state index in [1.54, 1.807) is 43.4 Å². The first-order valence-electron chi connectivity index (χ1n) is 8.23. The van der Waals surface area contributed by atoms with Gasteiger partial charge in [0.25, 0.3) is 0 Å². The summed E-state index contributed by atoms with van der Waals surface area (Å²) in [5.41, 5.74) is 1.60. The smallest absolute Gasteiger partial charge is 0.205 e. The molecule has 138 valence electrons. The lowest BCUT2D eigenvalue weighted by atomic mass is 9.99. The normalized spacial score (nSPS) is 10.1. The van der Waals surface area contributed by atoms with Crippen LogP contribution in [-0.2, 0) is 6.42 Å². The maximum absolute atomic E-state index is 15.1. The lowest BCUT2D eigenvalue weighted by Crippen LogP contribution is -1.98. The second kappa shape index (κ2) is 9.50. The molecule has 0 bridgehead atoms. The molecule has 0 radical (unpaired) electrons. The molecule has 4 nitrogen and oxygen atoms in total. The fraction of sp³-hybridized carbons (Fsp3) is 0.263. The van der Waals surface area contributed by atoms with Gasteiger partial charge in [-0.25, -0.2) is 4.39 Å². The van der Waals surface area contributed by atoms with Gasteiger partial charge >= 0.3 is 0 Å². The Balaban J connectivity index is 0.00000117. The number of benzene rings is 2. The molecule has 0 aliphatic heterocycles. The van der Waals surface area contributed by atoms with Crippen LogP contribution in [0.15, 0.2) is 36.4 Å². The highest BCUT2D eigenvalue weighted by Gasteiger charge is 2.17. The van der Waals surface area contributed by atoms with E-state index in [0.29, 0.717) is 39.0 Å². The van der Waals surface area contributed by atoms with Gasteiger partial charge in [0.2, 0.25) is 5.13 Å². The van der Waals surface area contributed by atoms with Crippen molar-refractivity contribution in [3.63, 3.8) is 0 Å². The van der Waals surface area contributed by atoms with E-state index in [0.717, 1.165) is 5.01 Å². The Labute approximate surface area is 162 Å². The molecule has 1 N–H and O–H groups in total. The summed E-state index contributed by atoms with van der Waals surface area (Å²) in [5, 5.41) is 13.0. The van der Waals surface area contributed by atoms with Crippen LogP contribution in [0.1, 0.15) is 24.4 Å². The van der Waals surface area contributed by atoms with Gasteiger partial charge in [0.1, 0.15) is 16.6 Å². The van der Waals surface area contributed by atoms with Crippen molar-refractivity contribution in [2.75, 3.05) is 19.5 Å². The number of ether oxygens (including phenoxy) is 1. The second-order valence-electron chi connectivity index (χ2n) is 5.05. The summed E-state index contributed by atoms with van der Waals surface area (Å²) in [6.45, 7) is 4.00. The number of anilines is 1. The lowest BCUT2D eigenvalue weighted by molar-refractivity contribution is 0.413. The zero-order valence-electron chi connectivity index (χ0n) is 15.1. The third kappa shape index (κ3) is 4.51. The van der Waals surface area contributed by atoms with Crippen LogP contribution in [0.5, 0.6) is 5.75 Å². The summed E-state index contributed by atoms with van der Waals surface area (Å²) in [6.07, 6.45) is 0.364. The Hall–Kier alpha value is -2.18. The maximum Gasteiger partial charge on any atom is 0.205 e. The van der Waals surface area contributed by atoms with Crippen LogP contribution in [0.3, 0.4) is 0 Å². The minimum atomic E-state index is -0.335. The van der Waals surface area contributed by atoms with E-state index in [2.05, 4.69) is 15.5 Å². The van der Waals surface area contributed by atoms with Gasteiger partial charge in [0.15, 0.2) is 0 Å². The molecule has 2 aromatic carbocycles. The largest absolute Gasteiger partial charge is 0.496 e. The number of rotatable bonds is 5. The van der Waals surface area contributed by atoms with Crippen molar-refractivity contribution in [3.8, 4) is 16.9 Å². The molecule has 7 heteroatoms. The Bertz CT molecular complexity index is 870. The predicted octanol–water partition coefficient (Wildman–Crippen LogP) is 5.66. The zero-order valence-corrected chi connectivity index (χ0v) is 16.7. The van der Waals surface area contributed by atoms with Crippen LogP contribution in [0.2, 0.25) is 5.02 Å². The van der Waals surface area contributed by atoms with Crippen molar-refractivity contribution in [2.24, 2.45) is 0 Å². The Morgan fingerprint density at radius 2 is 1.96 bits per heavy atom. The number of hydrogen-bond acceptors (Lipinski definition) is 5. The van der Waals surface area contributed by atoms with E-state index in [-0.39, 0.29) is 5.82 Å². The number of halogens is 2. The van der Waals surface area contributed by atoms with E-state index in [1.807, 2.05) is 13.8 Å². The maximum atomic E-state index is 15.1. The van der Waals surface area contributed by atoms with Crippen molar-refractivity contribution in [1.82, 2.24) is 10.2 Å². The minimum Gasteiger partial charge on any atom is -0.496 e. The Morgan fingerprint density at radius 1 is 1.19 bits per heavy atom. The van der Waals surface area contributed by atoms with E-state index >= 15 is 4.39 Å². The average Bonchev–Trinajstić information content (AvgIpc) is 3.12. The standard InChI is InChI=1S/C17H15ClFN3OS.C2H6/c1-20-17-22-21-14(24-17)9-11-6-7-13(23-2)15(16(11)19)10-4-3-5-12(18)8-10;1-2/h3-8H,9H2,1-2H3,(H,20,22);1-2H3. The summed E-state index contributed by atoms with van der Waals surface area (Å²) in [6, 6.07) is 10.5. The molecule has 0 unspecified atom stereocenters. The summed E-state index contributed by atoms with van der Waals surface area (Å²) >= 11 is 7.44. The fourth-order valence-electron chi connectivity index (χ4n) is 2.41. The molecule has 0 fully saturated rings. The average molecular weight is 394 g/mol. The van der Waals surface area contributed by atoms with Crippen molar-refractivity contribution in [3.05, 3.63) is 57.8 Å². The molecule has 0 saturated heterocycles. The first-order chi connectivity index (χ1) is 12.6. The SMILES string of the molecule is CC.CNc1nnc(Cc2ccc(OC)c(-c3cccc(Cl)c3)c2F)s1. The van der Waals surface area contributed by atoms with Gasteiger partial charge in [-0.15, -0.1) is 10.2 Å². The summed E-state index contributed by atoms with van der Waals surface area (Å²) < 4.78 is 20.5. The van der Waals surface area contributed by atoms with Gasteiger partial charge in [0.05, 0.1) is 12.7 Å². The Morgan fingerprint density at radius 3 is 2.58 bits per heavy atom. The van der Waals surface area contributed by atoms with Crippen LogP contribution in [0.25, 0.3) is 11.1 Å². The first kappa shape index (κ1) is 20.1. The predicted molar refractivity (Wildman–Crippen MR) is 107 cm³/mol. The molecule has 0 aliphatic rings. The highest BCUT2D eigenvalue weighted by atomic mass is 35.5. The molecule has 1 heterocycles.